The average Bonchev–Trinajstić information content (AvgIpc) is 2.97. The van der Waals surface area contributed by atoms with Gasteiger partial charge in [0.15, 0.2) is 5.96 Å². The van der Waals surface area contributed by atoms with Gasteiger partial charge in [-0.1, -0.05) is 25.0 Å². The first-order valence-electron chi connectivity index (χ1n) is 10.9. The first-order valence-corrected chi connectivity index (χ1v) is 10.9. The highest BCUT2D eigenvalue weighted by Crippen LogP contribution is 2.21. The Morgan fingerprint density at radius 1 is 1.00 bits per heavy atom. The molecule has 1 aromatic rings. The van der Waals surface area contributed by atoms with E-state index in [1.807, 2.05) is 17.0 Å². The van der Waals surface area contributed by atoms with Crippen molar-refractivity contribution < 1.29 is 4.79 Å². The first-order chi connectivity index (χ1) is 13.8. The summed E-state index contributed by atoms with van der Waals surface area (Å²) in [6.07, 6.45) is 7.03. The maximum absolute atomic E-state index is 11.9. The first kappa shape index (κ1) is 20.6. The quantitative estimate of drug-likeness (QED) is 0.560. The Bertz CT molecular complexity index is 635. The smallest absolute Gasteiger partial charge is 0.227 e. The van der Waals surface area contributed by atoms with Gasteiger partial charge in [-0.15, -0.1) is 0 Å². The van der Waals surface area contributed by atoms with Crippen molar-refractivity contribution in [1.82, 2.24) is 15.5 Å². The van der Waals surface area contributed by atoms with Gasteiger partial charge >= 0.3 is 0 Å². The summed E-state index contributed by atoms with van der Waals surface area (Å²) in [5, 5.41) is 6.80. The molecule has 0 aromatic heterocycles. The van der Waals surface area contributed by atoms with Gasteiger partial charge in [0, 0.05) is 38.3 Å². The van der Waals surface area contributed by atoms with Gasteiger partial charge in [-0.3, -0.25) is 4.79 Å². The van der Waals surface area contributed by atoms with Crippen molar-refractivity contribution in [2.75, 3.05) is 44.2 Å². The standard InChI is InChI=1S/C22H35N5O/c1-2-23-22(24-13-17-26-14-5-3-4-6-15-26)25-18-19-9-11-20(12-10-19)27-16-7-8-21(27)28/h9-12H,2-8,13-18H2,1H3,(H2,23,24,25). The van der Waals surface area contributed by atoms with E-state index >= 15 is 0 Å². The monoisotopic (exact) mass is 385 g/mol. The number of carbonyl (C=O) groups is 1. The summed E-state index contributed by atoms with van der Waals surface area (Å²) in [6.45, 7) is 8.85. The number of amides is 1. The summed E-state index contributed by atoms with van der Waals surface area (Å²) in [7, 11) is 0. The van der Waals surface area contributed by atoms with Crippen LogP contribution in [0.3, 0.4) is 0 Å². The molecule has 0 atom stereocenters. The zero-order valence-corrected chi connectivity index (χ0v) is 17.3. The number of benzene rings is 1. The van der Waals surface area contributed by atoms with E-state index in [-0.39, 0.29) is 5.91 Å². The van der Waals surface area contributed by atoms with Crippen molar-refractivity contribution in [3.05, 3.63) is 29.8 Å². The fourth-order valence-corrected chi connectivity index (χ4v) is 3.91. The third-order valence-electron chi connectivity index (χ3n) is 5.50. The summed E-state index contributed by atoms with van der Waals surface area (Å²) in [4.78, 5) is 21.0. The highest BCUT2D eigenvalue weighted by Gasteiger charge is 2.21. The van der Waals surface area contributed by atoms with Gasteiger partial charge in [0.2, 0.25) is 5.91 Å². The number of aliphatic imine (C=N–C) groups is 1. The topological polar surface area (TPSA) is 60.0 Å². The number of guanidine groups is 1. The van der Waals surface area contributed by atoms with Gasteiger partial charge in [0.25, 0.3) is 0 Å². The fourth-order valence-electron chi connectivity index (χ4n) is 3.91. The molecule has 0 saturated carbocycles. The lowest BCUT2D eigenvalue weighted by molar-refractivity contribution is -0.117. The van der Waals surface area contributed by atoms with Crippen molar-refractivity contribution in [2.45, 2.75) is 52.0 Å². The summed E-state index contributed by atoms with van der Waals surface area (Å²) >= 11 is 0. The zero-order chi connectivity index (χ0) is 19.6. The van der Waals surface area contributed by atoms with Crippen molar-refractivity contribution in [1.29, 1.82) is 0 Å². The number of carbonyl (C=O) groups excluding carboxylic acids is 1. The molecule has 2 N–H and O–H groups in total. The summed E-state index contributed by atoms with van der Waals surface area (Å²) in [5.41, 5.74) is 2.15. The number of rotatable bonds is 7. The molecule has 0 bridgehead atoms. The van der Waals surface area contributed by atoms with Crippen molar-refractivity contribution in [2.24, 2.45) is 4.99 Å². The minimum absolute atomic E-state index is 0.230. The molecule has 1 aromatic carbocycles. The highest BCUT2D eigenvalue weighted by atomic mass is 16.2. The lowest BCUT2D eigenvalue weighted by Gasteiger charge is -2.20. The Morgan fingerprint density at radius 3 is 2.39 bits per heavy atom. The summed E-state index contributed by atoms with van der Waals surface area (Å²) in [6, 6.07) is 8.22. The van der Waals surface area contributed by atoms with Gasteiger partial charge in [-0.25, -0.2) is 4.99 Å². The molecule has 3 rings (SSSR count). The second-order valence-electron chi connectivity index (χ2n) is 7.69. The van der Waals surface area contributed by atoms with Crippen molar-refractivity contribution in [3.8, 4) is 0 Å². The van der Waals surface area contributed by atoms with Crippen LogP contribution in [0, 0.1) is 0 Å². The van der Waals surface area contributed by atoms with Crippen LogP contribution in [0.15, 0.2) is 29.3 Å². The minimum Gasteiger partial charge on any atom is -0.357 e. The molecule has 2 fully saturated rings. The lowest BCUT2D eigenvalue weighted by atomic mass is 10.2. The van der Waals surface area contributed by atoms with Gasteiger partial charge < -0.3 is 20.4 Å². The Morgan fingerprint density at radius 2 is 1.75 bits per heavy atom. The van der Waals surface area contributed by atoms with Gasteiger partial charge in [-0.2, -0.15) is 0 Å². The van der Waals surface area contributed by atoms with Gasteiger partial charge in [0.1, 0.15) is 0 Å². The second kappa shape index (κ2) is 11.1. The van der Waals surface area contributed by atoms with Crippen LogP contribution < -0.4 is 15.5 Å². The maximum atomic E-state index is 11.9. The molecule has 2 saturated heterocycles. The Labute approximate surface area is 169 Å². The molecule has 2 heterocycles. The van der Waals surface area contributed by atoms with Crippen LogP contribution >= 0.6 is 0 Å². The van der Waals surface area contributed by atoms with E-state index in [2.05, 4.69) is 34.6 Å². The Kier molecular flexibility index (Phi) is 8.15. The molecule has 2 aliphatic heterocycles. The van der Waals surface area contributed by atoms with Crippen LogP contribution in [0.2, 0.25) is 0 Å². The van der Waals surface area contributed by atoms with E-state index < -0.39 is 0 Å². The summed E-state index contributed by atoms with van der Waals surface area (Å²) < 4.78 is 0. The zero-order valence-electron chi connectivity index (χ0n) is 17.3. The molecule has 0 aliphatic carbocycles. The van der Waals surface area contributed by atoms with Crippen LogP contribution in [-0.2, 0) is 11.3 Å². The largest absolute Gasteiger partial charge is 0.357 e. The summed E-state index contributed by atoms with van der Waals surface area (Å²) in [5.74, 6) is 1.10. The van der Waals surface area contributed by atoms with Gasteiger partial charge in [0.05, 0.1) is 6.54 Å². The number of likely N-dealkylation sites (tertiary alicyclic amines) is 1. The fraction of sp³-hybridized carbons (Fsp3) is 0.636. The normalized spacial score (nSPS) is 19.0. The van der Waals surface area contributed by atoms with Crippen LogP contribution in [0.4, 0.5) is 5.69 Å². The molecule has 6 nitrogen and oxygen atoms in total. The molecule has 1 amide bonds. The molecule has 0 unspecified atom stereocenters. The molecular weight excluding hydrogens is 350 g/mol. The third kappa shape index (κ3) is 6.23. The maximum Gasteiger partial charge on any atom is 0.227 e. The number of hydrogen-bond acceptors (Lipinski definition) is 3. The van der Waals surface area contributed by atoms with Gasteiger partial charge in [-0.05, 0) is 57.0 Å². The van der Waals surface area contributed by atoms with Crippen LogP contribution in [-0.4, -0.2) is 56.0 Å². The van der Waals surface area contributed by atoms with Crippen molar-refractivity contribution in [3.63, 3.8) is 0 Å². The van der Waals surface area contributed by atoms with Crippen LogP contribution in [0.25, 0.3) is 0 Å². The second-order valence-corrected chi connectivity index (χ2v) is 7.69. The molecule has 154 valence electrons. The number of hydrogen-bond donors (Lipinski definition) is 2. The van der Waals surface area contributed by atoms with E-state index in [4.69, 9.17) is 4.99 Å². The van der Waals surface area contributed by atoms with E-state index in [1.165, 1.54) is 38.8 Å². The third-order valence-corrected chi connectivity index (χ3v) is 5.50. The lowest BCUT2D eigenvalue weighted by Crippen LogP contribution is -2.41. The number of anilines is 1. The molecule has 6 heteroatoms. The molecular formula is C22H35N5O. The van der Waals surface area contributed by atoms with Crippen LogP contribution in [0.1, 0.15) is 51.0 Å². The molecule has 2 aliphatic rings. The Balaban J connectivity index is 1.48. The molecule has 0 spiro atoms. The molecule has 28 heavy (non-hydrogen) atoms. The number of nitrogens with one attached hydrogen (secondary N) is 2. The van der Waals surface area contributed by atoms with E-state index in [1.54, 1.807) is 0 Å². The SMILES string of the molecule is CCNC(=NCc1ccc(N2CCCC2=O)cc1)NCCN1CCCCCC1. The number of nitrogens with zero attached hydrogens (tertiary/aromatic N) is 3. The Hall–Kier alpha value is -2.08. The van der Waals surface area contributed by atoms with E-state index in [9.17, 15) is 4.79 Å². The predicted octanol–water partition coefficient (Wildman–Crippen LogP) is 2.74. The van der Waals surface area contributed by atoms with E-state index in [0.29, 0.717) is 13.0 Å². The van der Waals surface area contributed by atoms with Crippen LogP contribution in [0.5, 0.6) is 0 Å². The molecule has 0 radical (unpaired) electrons. The highest BCUT2D eigenvalue weighted by molar-refractivity contribution is 5.95. The minimum atomic E-state index is 0.230. The predicted molar refractivity (Wildman–Crippen MR) is 116 cm³/mol. The van der Waals surface area contributed by atoms with E-state index in [0.717, 1.165) is 49.8 Å². The van der Waals surface area contributed by atoms with Crippen molar-refractivity contribution >= 4 is 17.6 Å². The average molecular weight is 386 g/mol.